The Morgan fingerprint density at radius 1 is 1.47 bits per heavy atom. The molecule has 2 aliphatic rings. The molecule has 3 rings (SSSR count). The third kappa shape index (κ3) is 1.87. The number of phenols is 1. The summed E-state index contributed by atoms with van der Waals surface area (Å²) in [4.78, 5) is 0. The Kier molecular flexibility index (Phi) is 2.88. The van der Waals surface area contributed by atoms with Gasteiger partial charge in [-0.2, -0.15) is 0 Å². The fraction of sp³-hybridized carbons (Fsp3) is 0.625. The predicted molar refractivity (Wildman–Crippen MR) is 77.3 cm³/mol. The highest BCUT2D eigenvalue weighted by atomic mass is 16.3. The van der Waals surface area contributed by atoms with Crippen molar-refractivity contribution in [1.82, 2.24) is 5.32 Å². The van der Waals surface area contributed by atoms with E-state index in [4.69, 9.17) is 5.73 Å². The van der Waals surface area contributed by atoms with E-state index in [0.717, 1.165) is 32.2 Å². The summed E-state index contributed by atoms with van der Waals surface area (Å²) in [5.74, 6) is 0.385. The number of benzene rings is 1. The molecular weight excluding hydrogens is 236 g/mol. The molecule has 4 N–H and O–H groups in total. The normalized spacial score (nSPS) is 36.9. The molecule has 1 saturated carbocycles. The quantitative estimate of drug-likeness (QED) is 0.761. The highest BCUT2D eigenvalue weighted by molar-refractivity contribution is 5.44. The molecule has 0 unspecified atom stereocenters. The van der Waals surface area contributed by atoms with Crippen LogP contribution in [0.2, 0.25) is 0 Å². The number of aromatic hydroxyl groups is 1. The average molecular weight is 260 g/mol. The lowest BCUT2D eigenvalue weighted by molar-refractivity contribution is 0.0769. The van der Waals surface area contributed by atoms with E-state index in [-0.39, 0.29) is 16.9 Å². The van der Waals surface area contributed by atoms with E-state index >= 15 is 0 Å². The summed E-state index contributed by atoms with van der Waals surface area (Å²) in [6.07, 6.45) is 4.35. The van der Waals surface area contributed by atoms with Gasteiger partial charge in [-0.15, -0.1) is 0 Å². The van der Waals surface area contributed by atoms with Gasteiger partial charge in [0.05, 0.1) is 0 Å². The molecule has 0 aliphatic heterocycles. The molecule has 0 saturated heterocycles. The molecule has 2 bridgehead atoms. The molecule has 3 nitrogen and oxygen atoms in total. The molecule has 19 heavy (non-hydrogen) atoms. The van der Waals surface area contributed by atoms with Gasteiger partial charge in [0.15, 0.2) is 0 Å². The van der Waals surface area contributed by atoms with Gasteiger partial charge in [-0.3, -0.25) is 0 Å². The van der Waals surface area contributed by atoms with Gasteiger partial charge >= 0.3 is 0 Å². The van der Waals surface area contributed by atoms with E-state index in [1.54, 1.807) is 0 Å². The molecule has 104 valence electrons. The van der Waals surface area contributed by atoms with Gasteiger partial charge in [0.2, 0.25) is 0 Å². The van der Waals surface area contributed by atoms with Crippen LogP contribution in [0.15, 0.2) is 18.2 Å². The van der Waals surface area contributed by atoms with Gasteiger partial charge in [0.1, 0.15) is 5.75 Å². The van der Waals surface area contributed by atoms with Crippen LogP contribution in [-0.4, -0.2) is 24.7 Å². The average Bonchev–Trinajstić information content (AvgIpc) is 2.36. The largest absolute Gasteiger partial charge is 0.508 e. The Labute approximate surface area is 115 Å². The molecule has 3 atom stereocenters. The maximum atomic E-state index is 9.78. The molecule has 0 spiro atoms. The maximum Gasteiger partial charge on any atom is 0.115 e. The highest BCUT2D eigenvalue weighted by Crippen LogP contribution is 2.54. The molecule has 1 aromatic rings. The minimum Gasteiger partial charge on any atom is -0.508 e. The third-order valence-corrected chi connectivity index (χ3v) is 5.35. The standard InChI is InChI=1S/C16H24N2O/c1-15-6-5-14(17)16(9-15,10-18-2)8-11-3-4-12(19)7-13(11)15/h3-4,7,14,18-19H,5-6,8-10,17H2,1-2H3/t14-,15-,16-/m1/s1. The summed E-state index contributed by atoms with van der Waals surface area (Å²) >= 11 is 0. The van der Waals surface area contributed by atoms with Crippen molar-refractivity contribution in [3.8, 4) is 5.75 Å². The summed E-state index contributed by atoms with van der Waals surface area (Å²) in [6.45, 7) is 3.31. The van der Waals surface area contributed by atoms with Gasteiger partial charge in [0, 0.05) is 18.0 Å². The van der Waals surface area contributed by atoms with E-state index in [1.165, 1.54) is 11.1 Å². The van der Waals surface area contributed by atoms with E-state index in [0.29, 0.717) is 5.75 Å². The molecule has 0 heterocycles. The number of fused-ring (bicyclic) bond motifs is 4. The van der Waals surface area contributed by atoms with E-state index < -0.39 is 0 Å². The molecule has 1 aromatic carbocycles. The first kappa shape index (κ1) is 12.9. The van der Waals surface area contributed by atoms with Gasteiger partial charge < -0.3 is 16.2 Å². The molecule has 3 heteroatoms. The number of phenolic OH excluding ortho intramolecular Hbond substituents is 1. The number of nitrogens with one attached hydrogen (secondary N) is 1. The Bertz CT molecular complexity index is 502. The lowest BCUT2D eigenvalue weighted by Crippen LogP contribution is -2.58. The fourth-order valence-corrected chi connectivity index (χ4v) is 4.47. The minimum atomic E-state index is 0.166. The number of nitrogens with two attached hydrogens (primary N) is 1. The summed E-state index contributed by atoms with van der Waals surface area (Å²) < 4.78 is 0. The zero-order valence-corrected chi connectivity index (χ0v) is 11.9. The fourth-order valence-electron chi connectivity index (χ4n) is 4.47. The molecule has 0 aromatic heterocycles. The lowest BCUT2D eigenvalue weighted by Gasteiger charge is -2.55. The minimum absolute atomic E-state index is 0.166. The maximum absolute atomic E-state index is 9.78. The zero-order valence-electron chi connectivity index (χ0n) is 11.9. The van der Waals surface area contributed by atoms with Crippen LogP contribution in [0, 0.1) is 5.41 Å². The summed E-state index contributed by atoms with van der Waals surface area (Å²) in [5.41, 5.74) is 9.51. The van der Waals surface area contributed by atoms with Crippen molar-refractivity contribution in [2.24, 2.45) is 11.1 Å². The molecule has 1 fully saturated rings. The first-order valence-electron chi connectivity index (χ1n) is 7.22. The topological polar surface area (TPSA) is 58.3 Å². The number of rotatable bonds is 2. The first-order chi connectivity index (χ1) is 8.99. The second-order valence-corrected chi connectivity index (χ2v) is 6.79. The van der Waals surface area contributed by atoms with Crippen molar-refractivity contribution < 1.29 is 5.11 Å². The highest BCUT2D eigenvalue weighted by Gasteiger charge is 2.51. The molecular formula is C16H24N2O. The Balaban J connectivity index is 2.11. The number of hydrogen-bond donors (Lipinski definition) is 3. The Hall–Kier alpha value is -1.06. The van der Waals surface area contributed by atoms with Crippen molar-refractivity contribution in [2.75, 3.05) is 13.6 Å². The summed E-state index contributed by atoms with van der Waals surface area (Å²) in [6, 6.07) is 6.14. The van der Waals surface area contributed by atoms with Gasteiger partial charge in [-0.1, -0.05) is 13.0 Å². The van der Waals surface area contributed by atoms with Crippen LogP contribution < -0.4 is 11.1 Å². The lowest BCUT2D eigenvalue weighted by atomic mass is 9.52. The Morgan fingerprint density at radius 3 is 3.00 bits per heavy atom. The molecule has 2 aliphatic carbocycles. The second-order valence-electron chi connectivity index (χ2n) is 6.79. The van der Waals surface area contributed by atoms with Crippen molar-refractivity contribution in [3.63, 3.8) is 0 Å². The SMILES string of the molecule is CNC[C@]12Cc3ccc(O)cc3[C@](C)(CC[C@H]1N)C2. The summed E-state index contributed by atoms with van der Waals surface area (Å²) in [7, 11) is 2.01. The van der Waals surface area contributed by atoms with E-state index in [1.807, 2.05) is 19.2 Å². The smallest absolute Gasteiger partial charge is 0.115 e. The van der Waals surface area contributed by atoms with Crippen LogP contribution in [0.25, 0.3) is 0 Å². The summed E-state index contributed by atoms with van der Waals surface area (Å²) in [5, 5.41) is 13.1. The van der Waals surface area contributed by atoms with Gasteiger partial charge in [-0.25, -0.2) is 0 Å². The second kappa shape index (κ2) is 4.22. The van der Waals surface area contributed by atoms with Gasteiger partial charge in [0.25, 0.3) is 0 Å². The van der Waals surface area contributed by atoms with Crippen LogP contribution in [0.4, 0.5) is 0 Å². The van der Waals surface area contributed by atoms with Gasteiger partial charge in [-0.05, 0) is 61.4 Å². The van der Waals surface area contributed by atoms with E-state index in [9.17, 15) is 5.11 Å². The zero-order chi connectivity index (χ0) is 13.7. The van der Waals surface area contributed by atoms with Crippen LogP contribution in [0.5, 0.6) is 5.75 Å². The van der Waals surface area contributed by atoms with Crippen LogP contribution >= 0.6 is 0 Å². The third-order valence-electron chi connectivity index (χ3n) is 5.35. The van der Waals surface area contributed by atoms with E-state index in [2.05, 4.69) is 18.3 Å². The molecule has 0 radical (unpaired) electrons. The van der Waals surface area contributed by atoms with Crippen LogP contribution in [-0.2, 0) is 11.8 Å². The Morgan fingerprint density at radius 2 is 2.26 bits per heavy atom. The van der Waals surface area contributed by atoms with Crippen molar-refractivity contribution >= 4 is 0 Å². The van der Waals surface area contributed by atoms with Crippen molar-refractivity contribution in [2.45, 2.75) is 44.1 Å². The molecule has 0 amide bonds. The van der Waals surface area contributed by atoms with Crippen molar-refractivity contribution in [1.29, 1.82) is 0 Å². The number of hydrogen-bond acceptors (Lipinski definition) is 3. The first-order valence-corrected chi connectivity index (χ1v) is 7.22. The van der Waals surface area contributed by atoms with Crippen molar-refractivity contribution in [3.05, 3.63) is 29.3 Å². The monoisotopic (exact) mass is 260 g/mol. The predicted octanol–water partition coefficient (Wildman–Crippen LogP) is 1.92. The van der Waals surface area contributed by atoms with Crippen LogP contribution in [0.3, 0.4) is 0 Å². The van der Waals surface area contributed by atoms with Crippen LogP contribution in [0.1, 0.15) is 37.3 Å².